The number of hydrogen-bond donors (Lipinski definition) is 0. The van der Waals surface area contributed by atoms with Crippen LogP contribution in [0.25, 0.3) is 0 Å². The van der Waals surface area contributed by atoms with Gasteiger partial charge in [0.1, 0.15) is 4.32 Å². The first-order valence-corrected chi connectivity index (χ1v) is 7.02. The minimum atomic E-state index is -0.345. The van der Waals surface area contributed by atoms with Crippen LogP contribution in [0.1, 0.15) is 18.4 Å². The van der Waals surface area contributed by atoms with Crippen molar-refractivity contribution in [1.29, 1.82) is 0 Å². The normalized spacial score (nSPS) is 14.8. The highest BCUT2D eigenvalue weighted by Gasteiger charge is 2.20. The van der Waals surface area contributed by atoms with Crippen LogP contribution < -0.4 is 0 Å². The van der Waals surface area contributed by atoms with Crippen LogP contribution in [0, 0.1) is 17.0 Å². The number of thiocarbonyl (C=S) groups is 1. The maximum absolute atomic E-state index is 11.0. The van der Waals surface area contributed by atoms with Gasteiger partial charge in [0.2, 0.25) is 0 Å². The van der Waals surface area contributed by atoms with E-state index in [1.807, 2.05) is 13.0 Å². The summed E-state index contributed by atoms with van der Waals surface area (Å²) in [6.07, 6.45) is 2.30. The lowest BCUT2D eigenvalue weighted by Crippen LogP contribution is -2.23. The minimum absolute atomic E-state index is 0.140. The first-order chi connectivity index (χ1) is 8.58. The van der Waals surface area contributed by atoms with Crippen molar-refractivity contribution in [3.05, 3.63) is 33.9 Å². The fourth-order valence-corrected chi connectivity index (χ4v) is 3.24. The quantitative estimate of drug-likeness (QED) is 0.360. The van der Waals surface area contributed by atoms with E-state index in [1.165, 1.54) is 11.8 Å². The Balaban J connectivity index is 2.17. The van der Waals surface area contributed by atoms with Crippen LogP contribution >= 0.6 is 24.0 Å². The maximum Gasteiger partial charge on any atom is 0.283 e. The van der Waals surface area contributed by atoms with Crippen LogP contribution in [0.3, 0.4) is 0 Å². The predicted molar refractivity (Wildman–Crippen MR) is 77.1 cm³/mol. The molecule has 18 heavy (non-hydrogen) atoms. The molecule has 0 spiro atoms. The zero-order valence-corrected chi connectivity index (χ0v) is 11.7. The van der Waals surface area contributed by atoms with Crippen LogP contribution in [0.15, 0.2) is 23.1 Å². The first-order valence-electron chi connectivity index (χ1n) is 5.80. The molecule has 1 heterocycles. The predicted octanol–water partition coefficient (Wildman–Crippen LogP) is 3.38. The molecule has 0 aromatic heterocycles. The van der Waals surface area contributed by atoms with Crippen molar-refractivity contribution in [3.63, 3.8) is 0 Å². The van der Waals surface area contributed by atoms with Gasteiger partial charge < -0.3 is 4.90 Å². The summed E-state index contributed by atoms with van der Waals surface area (Å²) < 4.78 is 0.736. The minimum Gasteiger partial charge on any atom is -0.357 e. The summed E-state index contributed by atoms with van der Waals surface area (Å²) >= 11 is 6.66. The summed E-state index contributed by atoms with van der Waals surface area (Å²) in [6, 6.07) is 5.25. The highest BCUT2D eigenvalue weighted by molar-refractivity contribution is 8.23. The lowest BCUT2D eigenvalue weighted by atomic mass is 10.2. The van der Waals surface area contributed by atoms with E-state index in [0.29, 0.717) is 4.90 Å². The molecule has 1 saturated heterocycles. The molecule has 0 unspecified atom stereocenters. The Labute approximate surface area is 116 Å². The van der Waals surface area contributed by atoms with E-state index in [-0.39, 0.29) is 10.6 Å². The van der Waals surface area contributed by atoms with Gasteiger partial charge in [-0.1, -0.05) is 30.0 Å². The van der Waals surface area contributed by atoms with E-state index < -0.39 is 0 Å². The second-order valence-corrected chi connectivity index (χ2v) is 5.97. The Morgan fingerprint density at radius 2 is 2.11 bits per heavy atom. The molecule has 6 heteroatoms. The van der Waals surface area contributed by atoms with Crippen molar-refractivity contribution in [3.8, 4) is 0 Å². The lowest BCUT2D eigenvalue weighted by molar-refractivity contribution is -0.387. The van der Waals surface area contributed by atoms with Gasteiger partial charge in [0.25, 0.3) is 5.69 Å². The van der Waals surface area contributed by atoms with Gasteiger partial charge in [0.05, 0.1) is 9.82 Å². The number of hydrogen-bond acceptors (Lipinski definition) is 4. The van der Waals surface area contributed by atoms with Gasteiger partial charge in [0.15, 0.2) is 0 Å². The monoisotopic (exact) mass is 282 g/mol. The summed E-state index contributed by atoms with van der Waals surface area (Å²) in [5.41, 5.74) is 1.03. The fourth-order valence-electron chi connectivity index (χ4n) is 1.91. The van der Waals surface area contributed by atoms with Crippen molar-refractivity contribution in [2.45, 2.75) is 24.7 Å². The Morgan fingerprint density at radius 1 is 1.44 bits per heavy atom. The zero-order chi connectivity index (χ0) is 13.1. The molecule has 0 N–H and O–H groups in total. The van der Waals surface area contributed by atoms with E-state index in [4.69, 9.17) is 12.2 Å². The van der Waals surface area contributed by atoms with Crippen LogP contribution in [0.5, 0.6) is 0 Å². The average Bonchev–Trinajstić information content (AvgIpc) is 2.84. The third-order valence-electron chi connectivity index (χ3n) is 2.87. The summed E-state index contributed by atoms with van der Waals surface area (Å²) in [5.74, 6) is 0. The van der Waals surface area contributed by atoms with Crippen LogP contribution in [-0.2, 0) is 0 Å². The van der Waals surface area contributed by atoms with Gasteiger partial charge in [-0.3, -0.25) is 10.1 Å². The van der Waals surface area contributed by atoms with Crippen LogP contribution in [0.2, 0.25) is 0 Å². The third kappa shape index (κ3) is 3.00. The van der Waals surface area contributed by atoms with Crippen LogP contribution in [0.4, 0.5) is 5.69 Å². The van der Waals surface area contributed by atoms with E-state index in [0.717, 1.165) is 35.8 Å². The smallest absolute Gasteiger partial charge is 0.283 e. The number of nitrogens with zero attached hydrogens (tertiary/aromatic N) is 2. The van der Waals surface area contributed by atoms with Crippen molar-refractivity contribution in [2.75, 3.05) is 13.1 Å². The molecular weight excluding hydrogens is 268 g/mol. The molecular formula is C12H14N2O2S2. The van der Waals surface area contributed by atoms with E-state index in [1.54, 1.807) is 12.1 Å². The summed E-state index contributed by atoms with van der Waals surface area (Å²) in [4.78, 5) is 13.4. The third-order valence-corrected chi connectivity index (χ3v) is 4.38. The van der Waals surface area contributed by atoms with Gasteiger partial charge in [0, 0.05) is 19.2 Å². The number of nitro benzene ring substituents is 1. The SMILES string of the molecule is Cc1ccc(SC(=S)N2CCCC2)c([N+](=O)[O-])c1. The number of benzene rings is 1. The summed E-state index contributed by atoms with van der Waals surface area (Å²) in [7, 11) is 0. The molecule has 0 bridgehead atoms. The Morgan fingerprint density at radius 3 is 2.72 bits per heavy atom. The molecule has 4 nitrogen and oxygen atoms in total. The van der Waals surface area contributed by atoms with E-state index >= 15 is 0 Å². The molecule has 0 amide bonds. The number of aryl methyl sites for hydroxylation is 1. The standard InChI is InChI=1S/C12H14N2O2S2/c1-9-4-5-11(10(8-9)14(15)16)18-12(17)13-6-2-3-7-13/h4-5,8H,2-3,6-7H2,1H3. The molecule has 1 aromatic rings. The summed E-state index contributed by atoms with van der Waals surface area (Å²) in [6.45, 7) is 3.78. The second kappa shape index (κ2) is 5.67. The number of likely N-dealkylation sites (tertiary alicyclic amines) is 1. The molecule has 2 rings (SSSR count). The molecule has 0 saturated carbocycles. The van der Waals surface area contributed by atoms with Gasteiger partial charge >= 0.3 is 0 Å². The average molecular weight is 282 g/mol. The lowest BCUT2D eigenvalue weighted by Gasteiger charge is -2.17. The maximum atomic E-state index is 11.0. The first kappa shape index (κ1) is 13.3. The number of nitro groups is 1. The zero-order valence-electron chi connectivity index (χ0n) is 10.1. The fraction of sp³-hybridized carbons (Fsp3) is 0.417. The van der Waals surface area contributed by atoms with Crippen LogP contribution in [-0.4, -0.2) is 27.2 Å². The van der Waals surface area contributed by atoms with Crippen molar-refractivity contribution in [1.82, 2.24) is 4.90 Å². The van der Waals surface area contributed by atoms with Crippen molar-refractivity contribution < 1.29 is 4.92 Å². The van der Waals surface area contributed by atoms with Gasteiger partial charge in [-0.15, -0.1) is 0 Å². The Kier molecular flexibility index (Phi) is 4.19. The van der Waals surface area contributed by atoms with E-state index in [9.17, 15) is 10.1 Å². The highest BCUT2D eigenvalue weighted by Crippen LogP contribution is 2.32. The number of thioether (sulfide) groups is 1. The molecule has 1 aromatic carbocycles. The second-order valence-electron chi connectivity index (χ2n) is 4.29. The largest absolute Gasteiger partial charge is 0.357 e. The molecule has 0 atom stereocenters. The molecule has 0 radical (unpaired) electrons. The van der Waals surface area contributed by atoms with Gasteiger partial charge in [-0.05, 0) is 31.4 Å². The molecule has 1 aliphatic heterocycles. The van der Waals surface area contributed by atoms with Gasteiger partial charge in [-0.25, -0.2) is 0 Å². The molecule has 1 fully saturated rings. The Hall–Kier alpha value is -1.14. The molecule has 0 aliphatic carbocycles. The topological polar surface area (TPSA) is 46.4 Å². The van der Waals surface area contributed by atoms with Crippen molar-refractivity contribution in [2.24, 2.45) is 0 Å². The van der Waals surface area contributed by atoms with Gasteiger partial charge in [-0.2, -0.15) is 0 Å². The van der Waals surface area contributed by atoms with Crippen molar-refractivity contribution >= 4 is 34.0 Å². The molecule has 96 valence electrons. The summed E-state index contributed by atoms with van der Waals surface area (Å²) in [5, 5.41) is 11.0. The van der Waals surface area contributed by atoms with E-state index in [2.05, 4.69) is 4.90 Å². The number of rotatable bonds is 2. The molecule has 1 aliphatic rings. The highest BCUT2D eigenvalue weighted by atomic mass is 32.2. The Bertz CT molecular complexity index is 485.